The molecule has 27 heavy (non-hydrogen) atoms. The Labute approximate surface area is 162 Å². The lowest BCUT2D eigenvalue weighted by atomic mass is 10.0. The van der Waals surface area contributed by atoms with Crippen molar-refractivity contribution >= 4 is 6.21 Å². The van der Waals surface area contributed by atoms with Crippen LogP contribution in [0, 0.1) is 0 Å². The molecule has 0 spiro atoms. The molecule has 0 radical (unpaired) electrons. The zero-order chi connectivity index (χ0) is 19.5. The van der Waals surface area contributed by atoms with Crippen LogP contribution in [0.15, 0.2) is 65.8 Å². The smallest absolute Gasteiger partial charge is 0.129 e. The first kappa shape index (κ1) is 20.7. The van der Waals surface area contributed by atoms with Crippen LogP contribution in [0.2, 0.25) is 0 Å². The van der Waals surface area contributed by atoms with Gasteiger partial charge in [-0.25, -0.2) is 0 Å². The van der Waals surface area contributed by atoms with E-state index in [2.05, 4.69) is 23.4 Å². The maximum Gasteiger partial charge on any atom is 0.129 e. The molecular weight excluding hydrogens is 338 g/mol. The van der Waals surface area contributed by atoms with E-state index in [-0.39, 0.29) is 5.60 Å². The van der Waals surface area contributed by atoms with Crippen molar-refractivity contribution in [2.45, 2.75) is 33.3 Å². The monoisotopic (exact) mass is 367 g/mol. The van der Waals surface area contributed by atoms with Crippen LogP contribution in [0.4, 0.5) is 0 Å². The fraction of sp³-hybridized carbons (Fsp3) is 0.348. The lowest BCUT2D eigenvalue weighted by Crippen LogP contribution is -2.15. The molecule has 0 aliphatic heterocycles. The van der Waals surface area contributed by atoms with Gasteiger partial charge in [-0.1, -0.05) is 47.6 Å². The van der Waals surface area contributed by atoms with E-state index in [0.29, 0.717) is 13.2 Å². The first-order valence-electron chi connectivity index (χ1n) is 9.26. The predicted molar refractivity (Wildman–Crippen MR) is 111 cm³/mol. The predicted octanol–water partition coefficient (Wildman–Crippen LogP) is 5.47. The van der Waals surface area contributed by atoms with E-state index >= 15 is 0 Å². The van der Waals surface area contributed by atoms with Gasteiger partial charge < -0.3 is 14.3 Å². The summed E-state index contributed by atoms with van der Waals surface area (Å²) in [7, 11) is 0. The second kappa shape index (κ2) is 10.5. The second-order valence-corrected chi connectivity index (χ2v) is 6.99. The topological polar surface area (TPSA) is 40.0 Å². The number of hydrogen-bond donors (Lipinski definition) is 0. The first-order valence-corrected chi connectivity index (χ1v) is 9.26. The SMILES string of the molecule is CCOC/C=C/COc1ccc(-c2ccccc2/C=N/OC(C)(C)C)cc1. The zero-order valence-electron chi connectivity index (χ0n) is 16.6. The molecule has 0 saturated heterocycles. The maximum absolute atomic E-state index is 5.72. The molecular formula is C23H29NO3. The minimum Gasteiger partial charge on any atom is -0.490 e. The van der Waals surface area contributed by atoms with Crippen LogP contribution in [0.3, 0.4) is 0 Å². The summed E-state index contributed by atoms with van der Waals surface area (Å²) in [6.07, 6.45) is 5.69. The third-order valence-electron chi connectivity index (χ3n) is 3.58. The molecule has 0 aromatic heterocycles. The van der Waals surface area contributed by atoms with Crippen molar-refractivity contribution in [3.63, 3.8) is 0 Å². The van der Waals surface area contributed by atoms with Crippen molar-refractivity contribution in [2.75, 3.05) is 19.8 Å². The maximum atomic E-state index is 5.72. The van der Waals surface area contributed by atoms with Gasteiger partial charge in [0.15, 0.2) is 0 Å². The van der Waals surface area contributed by atoms with E-state index in [4.69, 9.17) is 14.3 Å². The van der Waals surface area contributed by atoms with Gasteiger partial charge in [0.2, 0.25) is 0 Å². The summed E-state index contributed by atoms with van der Waals surface area (Å²) in [6, 6.07) is 16.2. The molecule has 4 nitrogen and oxygen atoms in total. The highest BCUT2D eigenvalue weighted by atomic mass is 16.6. The van der Waals surface area contributed by atoms with E-state index in [1.807, 2.05) is 70.2 Å². The van der Waals surface area contributed by atoms with Crippen molar-refractivity contribution < 1.29 is 14.3 Å². The van der Waals surface area contributed by atoms with E-state index in [1.54, 1.807) is 6.21 Å². The zero-order valence-corrected chi connectivity index (χ0v) is 16.6. The molecule has 0 saturated carbocycles. The van der Waals surface area contributed by atoms with Crippen molar-refractivity contribution in [3.8, 4) is 16.9 Å². The Morgan fingerprint density at radius 2 is 1.63 bits per heavy atom. The molecule has 2 rings (SSSR count). The number of oxime groups is 1. The van der Waals surface area contributed by atoms with Crippen molar-refractivity contribution in [1.29, 1.82) is 0 Å². The second-order valence-electron chi connectivity index (χ2n) is 6.99. The van der Waals surface area contributed by atoms with Gasteiger partial charge in [-0.2, -0.15) is 0 Å². The molecule has 0 amide bonds. The lowest BCUT2D eigenvalue weighted by Gasteiger charge is -2.15. The van der Waals surface area contributed by atoms with E-state index in [9.17, 15) is 0 Å². The van der Waals surface area contributed by atoms with Crippen molar-refractivity contribution in [1.82, 2.24) is 0 Å². The normalized spacial score (nSPS) is 12.0. The van der Waals surface area contributed by atoms with Crippen LogP contribution in [0.25, 0.3) is 11.1 Å². The largest absolute Gasteiger partial charge is 0.490 e. The van der Waals surface area contributed by atoms with Crippen LogP contribution >= 0.6 is 0 Å². The molecule has 0 heterocycles. The average molecular weight is 367 g/mol. The van der Waals surface area contributed by atoms with Gasteiger partial charge in [-0.3, -0.25) is 0 Å². The summed E-state index contributed by atoms with van der Waals surface area (Å²) in [6.45, 7) is 9.77. The summed E-state index contributed by atoms with van der Waals surface area (Å²) in [5.74, 6) is 0.835. The first-order chi connectivity index (χ1) is 13.0. The van der Waals surface area contributed by atoms with Crippen molar-refractivity contribution in [2.24, 2.45) is 5.16 Å². The van der Waals surface area contributed by atoms with Crippen LogP contribution in [0.1, 0.15) is 33.3 Å². The van der Waals surface area contributed by atoms with Crippen LogP contribution in [-0.4, -0.2) is 31.6 Å². The Bertz CT molecular complexity index is 743. The molecule has 2 aromatic rings. The number of benzene rings is 2. The van der Waals surface area contributed by atoms with Gasteiger partial charge >= 0.3 is 0 Å². The Morgan fingerprint density at radius 1 is 0.926 bits per heavy atom. The molecule has 0 unspecified atom stereocenters. The molecule has 0 aliphatic rings. The van der Waals surface area contributed by atoms with Crippen LogP contribution in [-0.2, 0) is 9.57 Å². The third kappa shape index (κ3) is 7.67. The summed E-state index contributed by atoms with van der Waals surface area (Å²) in [4.78, 5) is 5.46. The number of nitrogens with zero attached hydrogens (tertiary/aromatic N) is 1. The summed E-state index contributed by atoms with van der Waals surface area (Å²) in [5.41, 5.74) is 2.91. The molecule has 144 valence electrons. The minimum atomic E-state index is -0.304. The molecule has 0 N–H and O–H groups in total. The van der Waals surface area contributed by atoms with Gasteiger partial charge in [-0.05, 0) is 57.0 Å². The Kier molecular flexibility index (Phi) is 8.08. The Hall–Kier alpha value is -2.59. The van der Waals surface area contributed by atoms with E-state index in [1.165, 1.54) is 0 Å². The van der Waals surface area contributed by atoms with Gasteiger partial charge in [0.25, 0.3) is 0 Å². The van der Waals surface area contributed by atoms with Gasteiger partial charge in [0, 0.05) is 12.2 Å². The van der Waals surface area contributed by atoms with Crippen LogP contribution in [0.5, 0.6) is 5.75 Å². The number of ether oxygens (including phenoxy) is 2. The summed E-state index contributed by atoms with van der Waals surface area (Å²) >= 11 is 0. The highest BCUT2D eigenvalue weighted by Gasteiger charge is 2.10. The number of rotatable bonds is 9. The summed E-state index contributed by atoms with van der Waals surface area (Å²) in [5, 5.41) is 4.12. The highest BCUT2D eigenvalue weighted by Crippen LogP contribution is 2.25. The fourth-order valence-electron chi connectivity index (χ4n) is 2.31. The molecule has 4 heteroatoms. The Balaban J connectivity index is 2.01. The molecule has 2 aromatic carbocycles. The minimum absolute atomic E-state index is 0.304. The van der Waals surface area contributed by atoms with Gasteiger partial charge in [-0.15, -0.1) is 0 Å². The third-order valence-corrected chi connectivity index (χ3v) is 3.58. The van der Waals surface area contributed by atoms with Gasteiger partial charge in [0.05, 0.1) is 12.8 Å². The average Bonchev–Trinajstić information content (AvgIpc) is 2.65. The van der Waals surface area contributed by atoms with E-state index in [0.717, 1.165) is 29.0 Å². The standard InChI is InChI=1S/C23H29NO3/c1-5-25-16-8-9-17-26-21-14-12-19(13-15-21)22-11-7-6-10-20(22)18-24-27-23(2,3)4/h6-15,18H,5,16-17H2,1-4H3/b9-8+,24-18+. The molecule has 0 fully saturated rings. The quantitative estimate of drug-likeness (QED) is 0.255. The fourth-order valence-corrected chi connectivity index (χ4v) is 2.31. The Morgan fingerprint density at radius 3 is 2.33 bits per heavy atom. The lowest BCUT2D eigenvalue weighted by molar-refractivity contribution is 0.00199. The molecule has 0 atom stereocenters. The van der Waals surface area contributed by atoms with E-state index < -0.39 is 0 Å². The van der Waals surface area contributed by atoms with Gasteiger partial charge in [0.1, 0.15) is 18.0 Å². The van der Waals surface area contributed by atoms with Crippen molar-refractivity contribution in [3.05, 3.63) is 66.2 Å². The highest BCUT2D eigenvalue weighted by molar-refractivity contribution is 5.90. The number of hydrogen-bond acceptors (Lipinski definition) is 4. The molecule has 0 bridgehead atoms. The molecule has 0 aliphatic carbocycles. The van der Waals surface area contributed by atoms with Crippen LogP contribution < -0.4 is 4.74 Å². The summed E-state index contributed by atoms with van der Waals surface area (Å²) < 4.78 is 11.0.